The molecule has 0 aromatic rings. The normalized spacial score (nSPS) is 31.7. The van der Waals surface area contributed by atoms with Gasteiger partial charge in [0.15, 0.2) is 0 Å². The van der Waals surface area contributed by atoms with Crippen molar-refractivity contribution in [3.63, 3.8) is 0 Å². The highest BCUT2D eigenvalue weighted by Gasteiger charge is 2.32. The molecule has 2 nitrogen and oxygen atoms in total. The van der Waals surface area contributed by atoms with Gasteiger partial charge in [0.05, 0.1) is 0 Å². The van der Waals surface area contributed by atoms with Crippen LogP contribution in [0.15, 0.2) is 0 Å². The largest absolute Gasteiger partial charge is 0.317 e. The Hall–Kier alpha value is -0.0800. The van der Waals surface area contributed by atoms with Gasteiger partial charge in [0, 0.05) is 18.6 Å². The highest BCUT2D eigenvalue weighted by atomic mass is 15.2. The Kier molecular flexibility index (Phi) is 7.53. The molecule has 0 saturated heterocycles. The van der Waals surface area contributed by atoms with E-state index in [4.69, 9.17) is 0 Å². The summed E-state index contributed by atoms with van der Waals surface area (Å²) in [7, 11) is 2.18. The molecular weight excluding hydrogens is 256 g/mol. The molecule has 0 aliphatic heterocycles. The summed E-state index contributed by atoms with van der Waals surface area (Å²) in [6.07, 6.45) is 14.4. The maximum Gasteiger partial charge on any atom is 0.0105 e. The van der Waals surface area contributed by atoms with E-state index in [9.17, 15) is 0 Å². The van der Waals surface area contributed by atoms with E-state index in [-0.39, 0.29) is 0 Å². The van der Waals surface area contributed by atoms with Crippen molar-refractivity contribution in [2.75, 3.05) is 20.1 Å². The van der Waals surface area contributed by atoms with Crippen molar-refractivity contribution in [1.82, 2.24) is 10.2 Å². The zero-order valence-corrected chi connectivity index (χ0v) is 14.7. The van der Waals surface area contributed by atoms with Gasteiger partial charge in [-0.2, -0.15) is 0 Å². The van der Waals surface area contributed by atoms with Crippen molar-refractivity contribution in [2.24, 2.45) is 11.8 Å². The molecule has 124 valence electrons. The summed E-state index contributed by atoms with van der Waals surface area (Å²) in [6, 6.07) is 1.64. The summed E-state index contributed by atoms with van der Waals surface area (Å²) in [6.45, 7) is 7.30. The molecule has 2 aliphatic rings. The van der Waals surface area contributed by atoms with Gasteiger partial charge in [0.2, 0.25) is 0 Å². The fraction of sp³-hybridized carbons (Fsp3) is 1.00. The lowest BCUT2D eigenvalue weighted by Crippen LogP contribution is -2.47. The van der Waals surface area contributed by atoms with Crippen molar-refractivity contribution < 1.29 is 0 Å². The monoisotopic (exact) mass is 294 g/mol. The molecule has 2 rings (SSSR count). The molecule has 0 spiro atoms. The first-order valence-electron chi connectivity index (χ1n) is 9.69. The summed E-state index contributed by atoms with van der Waals surface area (Å²) in [4.78, 5) is 2.82. The topological polar surface area (TPSA) is 15.3 Å². The van der Waals surface area contributed by atoms with Gasteiger partial charge < -0.3 is 10.2 Å². The van der Waals surface area contributed by atoms with Crippen LogP contribution in [0.4, 0.5) is 0 Å². The molecular formula is C19H38N2. The molecule has 0 radical (unpaired) electrons. The van der Waals surface area contributed by atoms with E-state index in [1.807, 2.05) is 0 Å². The van der Waals surface area contributed by atoms with Crippen LogP contribution in [0, 0.1) is 11.8 Å². The third kappa shape index (κ3) is 4.96. The second kappa shape index (κ2) is 9.15. The smallest absolute Gasteiger partial charge is 0.0105 e. The van der Waals surface area contributed by atoms with Gasteiger partial charge in [-0.3, -0.25) is 0 Å². The van der Waals surface area contributed by atoms with Crippen LogP contribution < -0.4 is 5.32 Å². The summed E-state index contributed by atoms with van der Waals surface area (Å²) < 4.78 is 0. The Morgan fingerprint density at radius 3 is 2.38 bits per heavy atom. The molecule has 1 N–H and O–H groups in total. The average Bonchev–Trinajstić information content (AvgIpc) is 2.54. The molecule has 2 fully saturated rings. The van der Waals surface area contributed by atoms with Crippen LogP contribution in [-0.2, 0) is 0 Å². The Bertz CT molecular complexity index is 273. The summed E-state index contributed by atoms with van der Waals surface area (Å²) >= 11 is 0. The summed E-state index contributed by atoms with van der Waals surface area (Å²) in [5.41, 5.74) is 0. The number of hydrogen-bond acceptors (Lipinski definition) is 2. The molecule has 2 heteroatoms. The third-order valence-electron chi connectivity index (χ3n) is 6.13. The van der Waals surface area contributed by atoms with Crippen LogP contribution in [0.1, 0.15) is 78.1 Å². The molecule has 3 unspecified atom stereocenters. The minimum absolute atomic E-state index is 0.760. The van der Waals surface area contributed by atoms with Crippen LogP contribution in [0.2, 0.25) is 0 Å². The van der Waals surface area contributed by atoms with E-state index in [1.165, 1.54) is 77.3 Å². The Morgan fingerprint density at radius 2 is 1.76 bits per heavy atom. The van der Waals surface area contributed by atoms with Gasteiger partial charge in [0.25, 0.3) is 0 Å². The van der Waals surface area contributed by atoms with E-state index >= 15 is 0 Å². The number of hydrogen-bond donors (Lipinski definition) is 1. The third-order valence-corrected chi connectivity index (χ3v) is 6.13. The van der Waals surface area contributed by atoms with E-state index < -0.39 is 0 Å². The predicted octanol–water partition coefficient (Wildman–Crippen LogP) is 4.45. The molecule has 21 heavy (non-hydrogen) atoms. The number of rotatable bonds is 7. The van der Waals surface area contributed by atoms with Crippen LogP contribution in [0.25, 0.3) is 0 Å². The maximum atomic E-state index is 3.62. The average molecular weight is 295 g/mol. The van der Waals surface area contributed by atoms with Crippen LogP contribution >= 0.6 is 0 Å². The Balaban J connectivity index is 1.91. The Labute approximate surface area is 133 Å². The molecule has 2 saturated carbocycles. The van der Waals surface area contributed by atoms with Gasteiger partial charge in [-0.1, -0.05) is 46.0 Å². The first kappa shape index (κ1) is 17.3. The van der Waals surface area contributed by atoms with Crippen molar-refractivity contribution in [1.29, 1.82) is 0 Å². The summed E-state index contributed by atoms with van der Waals surface area (Å²) in [5.74, 6) is 1.87. The highest BCUT2D eigenvalue weighted by Crippen LogP contribution is 2.34. The van der Waals surface area contributed by atoms with E-state index in [1.54, 1.807) is 0 Å². The second-order valence-corrected chi connectivity index (χ2v) is 7.50. The van der Waals surface area contributed by atoms with E-state index in [0.29, 0.717) is 0 Å². The molecule has 0 aromatic carbocycles. The maximum absolute atomic E-state index is 3.62. The van der Waals surface area contributed by atoms with Gasteiger partial charge in [-0.05, 0) is 57.5 Å². The minimum Gasteiger partial charge on any atom is -0.317 e. The first-order chi connectivity index (χ1) is 10.3. The standard InChI is InChI=1S/C19H38N2/c1-4-9-16-12-13-19(20-3)17(14-16)15-21(5-2)18-10-7-6-8-11-18/h16-20H,4-15H2,1-3H3. The van der Waals surface area contributed by atoms with Crippen molar-refractivity contribution in [3.8, 4) is 0 Å². The molecule has 2 aliphatic carbocycles. The lowest BCUT2D eigenvalue weighted by molar-refractivity contribution is 0.0969. The van der Waals surface area contributed by atoms with Crippen LogP contribution in [0.5, 0.6) is 0 Å². The van der Waals surface area contributed by atoms with Crippen LogP contribution in [0.3, 0.4) is 0 Å². The molecule has 0 heterocycles. The summed E-state index contributed by atoms with van der Waals surface area (Å²) in [5, 5.41) is 3.62. The van der Waals surface area contributed by atoms with Crippen molar-refractivity contribution in [2.45, 2.75) is 90.1 Å². The Morgan fingerprint density at radius 1 is 1.00 bits per heavy atom. The molecule has 0 aromatic heterocycles. The SMILES string of the molecule is CCCC1CCC(NC)C(CN(CC)C2CCCCC2)C1. The fourth-order valence-corrected chi connectivity index (χ4v) is 4.90. The van der Waals surface area contributed by atoms with Gasteiger partial charge in [-0.15, -0.1) is 0 Å². The lowest BCUT2D eigenvalue weighted by Gasteiger charge is -2.42. The zero-order chi connectivity index (χ0) is 15.1. The molecule has 3 atom stereocenters. The highest BCUT2D eigenvalue weighted by molar-refractivity contribution is 4.87. The van der Waals surface area contributed by atoms with Crippen molar-refractivity contribution in [3.05, 3.63) is 0 Å². The molecule has 0 bridgehead atoms. The predicted molar refractivity (Wildman–Crippen MR) is 92.7 cm³/mol. The zero-order valence-electron chi connectivity index (χ0n) is 14.7. The lowest BCUT2D eigenvalue weighted by atomic mass is 9.76. The number of nitrogens with zero attached hydrogens (tertiary/aromatic N) is 1. The molecule has 0 amide bonds. The minimum atomic E-state index is 0.760. The van der Waals surface area contributed by atoms with Gasteiger partial charge >= 0.3 is 0 Å². The van der Waals surface area contributed by atoms with Gasteiger partial charge in [-0.25, -0.2) is 0 Å². The fourth-order valence-electron chi connectivity index (χ4n) is 4.90. The quantitative estimate of drug-likeness (QED) is 0.746. The van der Waals surface area contributed by atoms with E-state index in [2.05, 4.69) is 31.1 Å². The van der Waals surface area contributed by atoms with Crippen molar-refractivity contribution >= 4 is 0 Å². The van der Waals surface area contributed by atoms with Crippen LogP contribution in [-0.4, -0.2) is 37.1 Å². The number of nitrogens with one attached hydrogen (secondary N) is 1. The van der Waals surface area contributed by atoms with E-state index in [0.717, 1.165) is 23.9 Å². The first-order valence-corrected chi connectivity index (χ1v) is 9.69. The second-order valence-electron chi connectivity index (χ2n) is 7.50. The van der Waals surface area contributed by atoms with Gasteiger partial charge in [0.1, 0.15) is 0 Å².